The molecule has 0 atom stereocenters. The molecule has 8 heteroatoms. The first kappa shape index (κ1) is 22.9. The van der Waals surface area contributed by atoms with Gasteiger partial charge in [-0.1, -0.05) is 38.6 Å². The second-order valence-electron chi connectivity index (χ2n) is 8.50. The van der Waals surface area contributed by atoms with Gasteiger partial charge in [0.15, 0.2) is 25.5 Å². The molecule has 0 aliphatic rings. The fraction of sp³-hybridized carbons (Fsp3) is 0.304. The van der Waals surface area contributed by atoms with Gasteiger partial charge < -0.3 is 9.16 Å². The van der Waals surface area contributed by atoms with Gasteiger partial charge in [-0.05, 0) is 48.5 Å². The second-order valence-corrected chi connectivity index (χ2v) is 14.4. The highest BCUT2D eigenvalue weighted by Gasteiger charge is 2.37. The highest BCUT2D eigenvalue weighted by molar-refractivity contribution is 7.99. The number of aromatic nitrogens is 3. The van der Waals surface area contributed by atoms with E-state index in [0.717, 1.165) is 9.92 Å². The molecule has 3 aromatic heterocycles. The monoisotopic (exact) mass is 450 g/mol. The molecule has 0 saturated carbocycles. The molecule has 0 saturated heterocycles. The first-order chi connectivity index (χ1) is 14.7. The third kappa shape index (κ3) is 5.91. The van der Waals surface area contributed by atoms with Crippen LogP contribution in [-0.2, 0) is 11.0 Å². The van der Waals surface area contributed by atoms with Crippen LogP contribution in [0.1, 0.15) is 32.2 Å². The van der Waals surface area contributed by atoms with Gasteiger partial charge in [-0.15, -0.1) is 0 Å². The standard InChI is InChI=1S/C23H26N4O2SSi/c1-23(2,3)31(4,5)28-16-19-20(9-8-12-25-19)29-21-13-17(15-27-18(21)14-24)30-22-10-6-7-11-26-22/h6-13,15H,16H2,1-5H3. The SMILES string of the molecule is CC(C)(C)[Si](C)(C)OCc1ncccc1Oc1cc(Sc2ccccn2)cnc1C#N. The molecule has 0 unspecified atom stereocenters. The Hall–Kier alpha value is -2.73. The average Bonchev–Trinajstić information content (AvgIpc) is 2.73. The van der Waals surface area contributed by atoms with E-state index in [-0.39, 0.29) is 10.7 Å². The Bertz CT molecular complexity index is 1080. The number of pyridine rings is 3. The van der Waals surface area contributed by atoms with E-state index in [1.807, 2.05) is 24.3 Å². The molecule has 0 aliphatic carbocycles. The second kappa shape index (κ2) is 9.60. The summed E-state index contributed by atoms with van der Waals surface area (Å²) in [7, 11) is -1.94. The number of hydrogen-bond acceptors (Lipinski definition) is 7. The lowest BCUT2D eigenvalue weighted by atomic mass is 10.2. The van der Waals surface area contributed by atoms with Gasteiger partial charge in [-0.25, -0.2) is 9.97 Å². The van der Waals surface area contributed by atoms with Crippen molar-refractivity contribution in [3.63, 3.8) is 0 Å². The molecule has 0 aliphatic heterocycles. The summed E-state index contributed by atoms with van der Waals surface area (Å²) in [5.74, 6) is 0.935. The predicted octanol–water partition coefficient (Wildman–Crippen LogP) is 6.21. The summed E-state index contributed by atoms with van der Waals surface area (Å²) in [6.45, 7) is 11.4. The number of nitriles is 1. The average molecular weight is 451 g/mol. The Kier molecular flexibility index (Phi) is 7.10. The van der Waals surface area contributed by atoms with Crippen LogP contribution in [0.4, 0.5) is 0 Å². The largest absolute Gasteiger partial charge is 0.452 e. The minimum absolute atomic E-state index is 0.0950. The molecule has 31 heavy (non-hydrogen) atoms. The van der Waals surface area contributed by atoms with Crippen LogP contribution in [0.5, 0.6) is 11.5 Å². The van der Waals surface area contributed by atoms with Crippen LogP contribution in [0, 0.1) is 11.3 Å². The van der Waals surface area contributed by atoms with E-state index in [0.29, 0.717) is 23.8 Å². The number of hydrogen-bond donors (Lipinski definition) is 0. The van der Waals surface area contributed by atoms with E-state index in [2.05, 4.69) is 54.9 Å². The first-order valence-corrected chi connectivity index (χ1v) is 13.7. The van der Waals surface area contributed by atoms with Crippen LogP contribution >= 0.6 is 11.8 Å². The van der Waals surface area contributed by atoms with Crippen molar-refractivity contribution < 1.29 is 9.16 Å². The van der Waals surface area contributed by atoms with Crippen molar-refractivity contribution in [2.45, 2.75) is 55.4 Å². The fourth-order valence-electron chi connectivity index (χ4n) is 2.38. The topological polar surface area (TPSA) is 80.9 Å². The van der Waals surface area contributed by atoms with Gasteiger partial charge in [-0.3, -0.25) is 4.98 Å². The van der Waals surface area contributed by atoms with Gasteiger partial charge in [0, 0.05) is 23.5 Å². The fourth-order valence-corrected chi connectivity index (χ4v) is 4.08. The quantitative estimate of drug-likeness (QED) is 0.396. The molecule has 0 spiro atoms. The zero-order valence-corrected chi connectivity index (χ0v) is 20.2. The predicted molar refractivity (Wildman–Crippen MR) is 124 cm³/mol. The van der Waals surface area contributed by atoms with Gasteiger partial charge in [0.2, 0.25) is 0 Å². The van der Waals surface area contributed by atoms with Crippen LogP contribution in [-0.4, -0.2) is 23.3 Å². The number of rotatable bonds is 7. The molecule has 0 fully saturated rings. The zero-order chi connectivity index (χ0) is 22.5. The lowest BCUT2D eigenvalue weighted by Crippen LogP contribution is -2.40. The molecule has 3 heterocycles. The van der Waals surface area contributed by atoms with Crippen molar-refractivity contribution in [1.29, 1.82) is 5.26 Å². The molecular weight excluding hydrogens is 424 g/mol. The van der Waals surface area contributed by atoms with Crippen molar-refractivity contribution >= 4 is 20.1 Å². The minimum Gasteiger partial charge on any atom is -0.452 e. The summed E-state index contributed by atoms with van der Waals surface area (Å²) in [6, 6.07) is 13.2. The van der Waals surface area contributed by atoms with Gasteiger partial charge in [0.05, 0.1) is 6.61 Å². The Morgan fingerprint density at radius 1 is 1.03 bits per heavy atom. The van der Waals surface area contributed by atoms with Gasteiger partial charge in [0.1, 0.15) is 16.8 Å². The molecule has 3 rings (SSSR count). The van der Waals surface area contributed by atoms with Crippen molar-refractivity contribution in [2.24, 2.45) is 0 Å². The van der Waals surface area contributed by atoms with E-state index in [4.69, 9.17) is 9.16 Å². The summed E-state index contributed by atoms with van der Waals surface area (Å²) in [4.78, 5) is 13.9. The Morgan fingerprint density at radius 2 is 1.81 bits per heavy atom. The zero-order valence-electron chi connectivity index (χ0n) is 18.4. The Morgan fingerprint density at radius 3 is 2.48 bits per heavy atom. The van der Waals surface area contributed by atoms with Crippen LogP contribution in [0.2, 0.25) is 18.1 Å². The van der Waals surface area contributed by atoms with Crippen LogP contribution in [0.3, 0.4) is 0 Å². The van der Waals surface area contributed by atoms with Gasteiger partial charge in [-0.2, -0.15) is 5.26 Å². The van der Waals surface area contributed by atoms with E-state index in [1.54, 1.807) is 30.7 Å². The molecule has 0 radical (unpaired) electrons. The highest BCUT2D eigenvalue weighted by Crippen LogP contribution is 2.38. The molecule has 3 aromatic rings. The minimum atomic E-state index is -1.94. The summed E-state index contributed by atoms with van der Waals surface area (Å²) in [5, 5.41) is 10.4. The molecule has 0 N–H and O–H groups in total. The normalized spacial score (nSPS) is 11.7. The lowest BCUT2D eigenvalue weighted by Gasteiger charge is -2.36. The maximum Gasteiger partial charge on any atom is 0.192 e. The van der Waals surface area contributed by atoms with E-state index >= 15 is 0 Å². The molecule has 0 bridgehead atoms. The summed E-state index contributed by atoms with van der Waals surface area (Å²) in [6.07, 6.45) is 5.10. The highest BCUT2D eigenvalue weighted by atomic mass is 32.2. The smallest absolute Gasteiger partial charge is 0.192 e. The van der Waals surface area contributed by atoms with Crippen molar-refractivity contribution in [1.82, 2.24) is 15.0 Å². The maximum absolute atomic E-state index is 9.50. The third-order valence-electron chi connectivity index (χ3n) is 5.24. The van der Waals surface area contributed by atoms with Gasteiger partial charge in [0.25, 0.3) is 0 Å². The summed E-state index contributed by atoms with van der Waals surface area (Å²) >= 11 is 1.45. The summed E-state index contributed by atoms with van der Waals surface area (Å²) in [5.41, 5.74) is 0.907. The summed E-state index contributed by atoms with van der Waals surface area (Å²) < 4.78 is 12.4. The van der Waals surface area contributed by atoms with Crippen LogP contribution in [0.25, 0.3) is 0 Å². The molecule has 160 valence electrons. The van der Waals surface area contributed by atoms with Crippen molar-refractivity contribution in [2.75, 3.05) is 0 Å². The Balaban J connectivity index is 1.84. The van der Waals surface area contributed by atoms with Crippen LogP contribution < -0.4 is 4.74 Å². The lowest BCUT2D eigenvalue weighted by molar-refractivity contribution is 0.267. The molecular formula is C23H26N4O2SSi. The Labute approximate surface area is 188 Å². The number of ether oxygens (including phenoxy) is 1. The third-order valence-corrected chi connectivity index (χ3v) is 10.6. The number of nitrogens with zero attached hydrogens (tertiary/aromatic N) is 4. The van der Waals surface area contributed by atoms with Crippen LogP contribution in [0.15, 0.2) is 64.9 Å². The molecule has 0 amide bonds. The van der Waals surface area contributed by atoms with Crippen molar-refractivity contribution in [3.05, 3.63) is 66.4 Å². The van der Waals surface area contributed by atoms with Crippen molar-refractivity contribution in [3.8, 4) is 17.6 Å². The van der Waals surface area contributed by atoms with E-state index in [1.165, 1.54) is 11.8 Å². The molecule has 0 aromatic carbocycles. The maximum atomic E-state index is 9.50. The first-order valence-electron chi connectivity index (χ1n) is 9.94. The van der Waals surface area contributed by atoms with Gasteiger partial charge >= 0.3 is 0 Å². The van der Waals surface area contributed by atoms with E-state index < -0.39 is 8.32 Å². The molecule has 6 nitrogen and oxygen atoms in total. The van der Waals surface area contributed by atoms with E-state index in [9.17, 15) is 5.26 Å².